The second-order valence-corrected chi connectivity index (χ2v) is 4.12. The van der Waals surface area contributed by atoms with Crippen molar-refractivity contribution in [2.75, 3.05) is 11.9 Å². The van der Waals surface area contributed by atoms with Crippen molar-refractivity contribution in [1.82, 2.24) is 9.97 Å². The zero-order valence-electron chi connectivity index (χ0n) is 10.8. The topological polar surface area (TPSA) is 72.8 Å². The molecule has 0 amide bonds. The maximum Gasteiger partial charge on any atom is 0.252 e. The number of anilines is 2. The van der Waals surface area contributed by atoms with Gasteiger partial charge in [0.15, 0.2) is 0 Å². The van der Waals surface area contributed by atoms with Gasteiger partial charge < -0.3 is 9.88 Å². The molecule has 0 aliphatic rings. The van der Waals surface area contributed by atoms with E-state index in [4.69, 9.17) is 5.26 Å². The molecule has 1 aromatic heterocycles. The Morgan fingerprint density at radius 2 is 2.21 bits per heavy atom. The number of nitriles is 1. The van der Waals surface area contributed by atoms with Crippen LogP contribution in [-0.4, -0.2) is 17.0 Å². The first kappa shape index (κ1) is 12.8. The lowest BCUT2D eigenvalue weighted by atomic mass is 10.2. The fraction of sp³-hybridized carbons (Fsp3) is 0.214. The highest BCUT2D eigenvalue weighted by atomic mass is 16.1. The van der Waals surface area contributed by atoms with E-state index in [0.29, 0.717) is 23.6 Å². The largest absolute Gasteiger partial charge is 0.329 e. The monoisotopic (exact) mass is 254 g/mol. The van der Waals surface area contributed by atoms with E-state index in [9.17, 15) is 4.79 Å². The van der Waals surface area contributed by atoms with Gasteiger partial charge in [0, 0.05) is 25.2 Å². The highest BCUT2D eigenvalue weighted by Crippen LogP contribution is 2.21. The summed E-state index contributed by atoms with van der Waals surface area (Å²) in [4.78, 5) is 20.4. The van der Waals surface area contributed by atoms with Crippen molar-refractivity contribution in [3.8, 4) is 6.07 Å². The van der Waals surface area contributed by atoms with Crippen LogP contribution in [0.3, 0.4) is 0 Å². The highest BCUT2D eigenvalue weighted by molar-refractivity contribution is 5.60. The highest BCUT2D eigenvalue weighted by Gasteiger charge is 2.08. The molecule has 0 saturated heterocycles. The third kappa shape index (κ3) is 2.80. The lowest BCUT2D eigenvalue weighted by Crippen LogP contribution is -2.18. The molecule has 1 heterocycles. The lowest BCUT2D eigenvalue weighted by molar-refractivity contribution is 0.908. The molecule has 5 nitrogen and oxygen atoms in total. The molecule has 0 unspecified atom stereocenters. The van der Waals surface area contributed by atoms with Gasteiger partial charge in [0.25, 0.3) is 5.56 Å². The Balaban J connectivity index is 2.43. The number of nitrogens with zero attached hydrogens (tertiary/aromatic N) is 3. The molecule has 1 N–H and O–H groups in total. The summed E-state index contributed by atoms with van der Waals surface area (Å²) < 4.78 is 0. The van der Waals surface area contributed by atoms with Crippen molar-refractivity contribution >= 4 is 11.5 Å². The molecule has 0 fully saturated rings. The van der Waals surface area contributed by atoms with Crippen LogP contribution in [0.4, 0.5) is 11.5 Å². The average molecular weight is 254 g/mol. The molecule has 0 bridgehead atoms. The molecule has 0 atom stereocenters. The van der Waals surface area contributed by atoms with Crippen LogP contribution in [-0.2, 0) is 6.42 Å². The third-order valence-corrected chi connectivity index (χ3v) is 2.82. The molecule has 96 valence electrons. The summed E-state index contributed by atoms with van der Waals surface area (Å²) in [7, 11) is 1.82. The normalized spacial score (nSPS) is 9.95. The van der Waals surface area contributed by atoms with Gasteiger partial charge in [-0.05, 0) is 18.2 Å². The Hall–Kier alpha value is -2.61. The Kier molecular flexibility index (Phi) is 3.62. The van der Waals surface area contributed by atoms with E-state index in [-0.39, 0.29) is 5.56 Å². The van der Waals surface area contributed by atoms with Crippen LogP contribution in [0.15, 0.2) is 35.1 Å². The van der Waals surface area contributed by atoms with Crippen LogP contribution in [0.25, 0.3) is 0 Å². The van der Waals surface area contributed by atoms with Gasteiger partial charge in [-0.2, -0.15) is 5.26 Å². The van der Waals surface area contributed by atoms with Crippen molar-refractivity contribution in [1.29, 1.82) is 5.26 Å². The van der Waals surface area contributed by atoms with E-state index >= 15 is 0 Å². The SMILES string of the molecule is CCc1nc(N(C)c2cccc(C#N)c2)cc(=O)[nH]1. The second-order valence-electron chi connectivity index (χ2n) is 4.12. The Bertz CT molecular complexity index is 684. The van der Waals surface area contributed by atoms with E-state index < -0.39 is 0 Å². The molecule has 19 heavy (non-hydrogen) atoms. The van der Waals surface area contributed by atoms with Gasteiger partial charge in [-0.1, -0.05) is 13.0 Å². The van der Waals surface area contributed by atoms with Gasteiger partial charge in [-0.15, -0.1) is 0 Å². The van der Waals surface area contributed by atoms with Crippen LogP contribution in [0.1, 0.15) is 18.3 Å². The molecular weight excluding hydrogens is 240 g/mol. The molecule has 0 spiro atoms. The Morgan fingerprint density at radius 1 is 1.42 bits per heavy atom. The van der Waals surface area contributed by atoms with E-state index in [1.165, 1.54) is 6.07 Å². The molecular formula is C14H14N4O. The maximum atomic E-state index is 11.6. The number of nitrogens with one attached hydrogen (secondary N) is 1. The predicted octanol–water partition coefficient (Wildman–Crippen LogP) is 1.97. The molecule has 0 aliphatic heterocycles. The number of benzene rings is 1. The van der Waals surface area contributed by atoms with E-state index in [1.807, 2.05) is 20.0 Å². The minimum Gasteiger partial charge on any atom is -0.329 e. The standard InChI is InChI=1S/C14H14N4O/c1-3-12-16-13(8-14(19)17-12)18(2)11-6-4-5-10(7-11)9-15/h4-8H,3H2,1-2H3,(H,16,17,19). The molecule has 0 aliphatic carbocycles. The first-order chi connectivity index (χ1) is 9.13. The summed E-state index contributed by atoms with van der Waals surface area (Å²) in [5.74, 6) is 1.21. The van der Waals surface area contributed by atoms with Crippen molar-refractivity contribution in [3.63, 3.8) is 0 Å². The minimum absolute atomic E-state index is 0.176. The zero-order valence-corrected chi connectivity index (χ0v) is 10.8. The van der Waals surface area contributed by atoms with Crippen LogP contribution in [0, 0.1) is 11.3 Å². The van der Waals surface area contributed by atoms with Crippen molar-refractivity contribution in [2.45, 2.75) is 13.3 Å². The van der Waals surface area contributed by atoms with Crippen LogP contribution < -0.4 is 10.5 Å². The molecule has 2 aromatic rings. The van der Waals surface area contributed by atoms with Crippen molar-refractivity contribution < 1.29 is 0 Å². The fourth-order valence-electron chi connectivity index (χ4n) is 1.75. The van der Waals surface area contributed by atoms with Crippen LogP contribution in [0.2, 0.25) is 0 Å². The Morgan fingerprint density at radius 3 is 2.89 bits per heavy atom. The maximum absolute atomic E-state index is 11.6. The lowest BCUT2D eigenvalue weighted by Gasteiger charge is -2.18. The minimum atomic E-state index is -0.176. The summed E-state index contributed by atoms with van der Waals surface area (Å²) in [5, 5.41) is 8.90. The summed E-state index contributed by atoms with van der Waals surface area (Å²) in [6.45, 7) is 1.93. The quantitative estimate of drug-likeness (QED) is 0.908. The van der Waals surface area contributed by atoms with Crippen LogP contribution >= 0.6 is 0 Å². The molecule has 1 aromatic carbocycles. The summed E-state index contributed by atoms with van der Waals surface area (Å²) in [5.41, 5.74) is 1.22. The van der Waals surface area contributed by atoms with Crippen LogP contribution in [0.5, 0.6) is 0 Å². The fourth-order valence-corrected chi connectivity index (χ4v) is 1.75. The van der Waals surface area contributed by atoms with Crippen molar-refractivity contribution in [3.05, 3.63) is 52.1 Å². The van der Waals surface area contributed by atoms with Gasteiger partial charge in [-0.3, -0.25) is 4.79 Å². The number of aromatic amines is 1. The second kappa shape index (κ2) is 5.36. The number of aryl methyl sites for hydroxylation is 1. The molecule has 0 radical (unpaired) electrons. The number of rotatable bonds is 3. The molecule has 2 rings (SSSR count). The summed E-state index contributed by atoms with van der Waals surface area (Å²) >= 11 is 0. The van der Waals surface area contributed by atoms with E-state index in [1.54, 1.807) is 23.1 Å². The number of aromatic nitrogens is 2. The summed E-state index contributed by atoms with van der Waals surface area (Å²) in [6.07, 6.45) is 0.662. The smallest absolute Gasteiger partial charge is 0.252 e. The average Bonchev–Trinajstić information content (AvgIpc) is 2.45. The van der Waals surface area contributed by atoms with Gasteiger partial charge in [0.05, 0.1) is 11.6 Å². The summed E-state index contributed by atoms with van der Waals surface area (Å²) in [6, 6.07) is 10.7. The first-order valence-corrected chi connectivity index (χ1v) is 5.98. The van der Waals surface area contributed by atoms with Gasteiger partial charge in [-0.25, -0.2) is 4.98 Å². The number of hydrogen-bond acceptors (Lipinski definition) is 4. The zero-order chi connectivity index (χ0) is 13.8. The van der Waals surface area contributed by atoms with E-state index in [2.05, 4.69) is 16.0 Å². The van der Waals surface area contributed by atoms with Crippen molar-refractivity contribution in [2.24, 2.45) is 0 Å². The number of H-pyrrole nitrogens is 1. The van der Waals surface area contributed by atoms with Gasteiger partial charge in [0.2, 0.25) is 0 Å². The first-order valence-electron chi connectivity index (χ1n) is 5.98. The number of hydrogen-bond donors (Lipinski definition) is 1. The van der Waals surface area contributed by atoms with E-state index in [0.717, 1.165) is 5.69 Å². The van der Waals surface area contributed by atoms with Gasteiger partial charge >= 0.3 is 0 Å². The third-order valence-electron chi connectivity index (χ3n) is 2.82. The Labute approximate surface area is 111 Å². The molecule has 0 saturated carbocycles. The molecule has 5 heteroatoms. The van der Waals surface area contributed by atoms with Gasteiger partial charge in [0.1, 0.15) is 11.6 Å². The predicted molar refractivity (Wildman–Crippen MR) is 73.5 cm³/mol.